The first-order chi connectivity index (χ1) is 9.51. The molecule has 0 unspecified atom stereocenters. The molecule has 3 heterocycles. The fourth-order valence-corrected chi connectivity index (χ4v) is 3.53. The van der Waals surface area contributed by atoms with Crippen LogP contribution in [0.5, 0.6) is 0 Å². The number of thiophene rings is 1. The highest BCUT2D eigenvalue weighted by atomic mass is 32.2. The smallest absolute Gasteiger partial charge is 0.222 e. The van der Waals surface area contributed by atoms with E-state index in [-0.39, 0.29) is 5.95 Å². The Morgan fingerprint density at radius 2 is 1.70 bits per heavy atom. The summed E-state index contributed by atoms with van der Waals surface area (Å²) >= 11 is 2.83. The van der Waals surface area contributed by atoms with Crippen molar-refractivity contribution in [2.24, 2.45) is 0 Å². The maximum absolute atomic E-state index is 5.73. The van der Waals surface area contributed by atoms with E-state index in [2.05, 4.69) is 19.9 Å². The zero-order valence-electron chi connectivity index (χ0n) is 10.5. The minimum atomic E-state index is 0.221. The summed E-state index contributed by atoms with van der Waals surface area (Å²) in [5.41, 5.74) is 17.0. The number of hydrogen-bond acceptors (Lipinski definition) is 9. The van der Waals surface area contributed by atoms with Crippen molar-refractivity contribution in [2.45, 2.75) is 17.1 Å². The number of nitrogens with zero attached hydrogens (tertiary/aromatic N) is 4. The molecule has 0 atom stereocenters. The summed E-state index contributed by atoms with van der Waals surface area (Å²) in [6.45, 7) is 2.01. The van der Waals surface area contributed by atoms with Crippen LogP contribution in [0.4, 0.5) is 17.6 Å². The number of nitrogens with two attached hydrogens (primary N) is 3. The van der Waals surface area contributed by atoms with E-state index >= 15 is 0 Å². The van der Waals surface area contributed by atoms with Crippen molar-refractivity contribution in [3.05, 3.63) is 17.0 Å². The van der Waals surface area contributed by atoms with Crippen molar-refractivity contribution in [3.63, 3.8) is 0 Å². The minimum absolute atomic E-state index is 0.221. The van der Waals surface area contributed by atoms with Crippen LogP contribution in [-0.2, 0) is 0 Å². The molecule has 0 bridgehead atoms. The molecule has 0 saturated carbocycles. The highest BCUT2D eigenvalue weighted by Gasteiger charge is 2.12. The Bertz CT molecular complexity index is 779. The van der Waals surface area contributed by atoms with Crippen LogP contribution < -0.4 is 17.2 Å². The quantitative estimate of drug-likeness (QED) is 0.481. The van der Waals surface area contributed by atoms with Crippen molar-refractivity contribution in [3.8, 4) is 0 Å². The average Bonchev–Trinajstić information content (AvgIpc) is 2.68. The molecular formula is C11H11N7S2. The van der Waals surface area contributed by atoms with Gasteiger partial charge in [0.15, 0.2) is 5.16 Å². The number of aryl methyl sites for hydroxylation is 1. The third-order valence-electron chi connectivity index (χ3n) is 2.43. The van der Waals surface area contributed by atoms with Crippen LogP contribution in [0.25, 0.3) is 10.2 Å². The van der Waals surface area contributed by atoms with E-state index in [9.17, 15) is 0 Å². The predicted molar refractivity (Wildman–Crippen MR) is 81.5 cm³/mol. The van der Waals surface area contributed by atoms with E-state index in [1.54, 1.807) is 11.3 Å². The van der Waals surface area contributed by atoms with E-state index in [4.69, 9.17) is 17.2 Å². The van der Waals surface area contributed by atoms with Crippen molar-refractivity contribution in [2.75, 3.05) is 17.2 Å². The summed E-state index contributed by atoms with van der Waals surface area (Å²) in [5.74, 6) is 0.860. The van der Waals surface area contributed by atoms with Crippen molar-refractivity contribution >= 4 is 50.9 Å². The Morgan fingerprint density at radius 1 is 1.00 bits per heavy atom. The van der Waals surface area contributed by atoms with Gasteiger partial charge >= 0.3 is 0 Å². The molecule has 20 heavy (non-hydrogen) atoms. The molecule has 0 aliphatic rings. The van der Waals surface area contributed by atoms with Crippen LogP contribution in [-0.4, -0.2) is 19.9 Å². The Kier molecular flexibility index (Phi) is 3.07. The minimum Gasteiger partial charge on any atom is -0.383 e. The molecule has 3 aromatic rings. The van der Waals surface area contributed by atoms with Crippen molar-refractivity contribution in [1.29, 1.82) is 0 Å². The van der Waals surface area contributed by atoms with E-state index in [1.807, 2.05) is 13.0 Å². The molecule has 0 aliphatic heterocycles. The molecule has 3 aromatic heterocycles. The summed E-state index contributed by atoms with van der Waals surface area (Å²) in [7, 11) is 0. The van der Waals surface area contributed by atoms with Gasteiger partial charge in [0.05, 0.1) is 0 Å². The third kappa shape index (κ3) is 2.45. The van der Waals surface area contributed by atoms with E-state index in [0.29, 0.717) is 21.8 Å². The molecule has 0 aromatic carbocycles. The molecule has 0 aliphatic carbocycles. The van der Waals surface area contributed by atoms with Crippen molar-refractivity contribution < 1.29 is 0 Å². The van der Waals surface area contributed by atoms with E-state index < -0.39 is 0 Å². The number of nitrogen functional groups attached to an aromatic ring is 3. The average molecular weight is 305 g/mol. The molecular weight excluding hydrogens is 294 g/mol. The van der Waals surface area contributed by atoms with Gasteiger partial charge in [-0.3, -0.25) is 0 Å². The Balaban J connectivity index is 2.09. The second-order valence-electron chi connectivity index (χ2n) is 4.07. The Labute approximate surface area is 122 Å². The summed E-state index contributed by atoms with van der Waals surface area (Å²) in [6, 6.07) is 3.51. The SMILES string of the molecule is Cc1cc2c(Sc3nc(N)cc(N)n3)nc(N)nc2s1. The molecule has 7 nitrogen and oxygen atoms in total. The maximum atomic E-state index is 5.73. The highest BCUT2D eigenvalue weighted by molar-refractivity contribution is 7.99. The summed E-state index contributed by atoms with van der Waals surface area (Å²) in [5, 5.41) is 2.06. The first kappa shape index (κ1) is 12.9. The number of aromatic nitrogens is 4. The Hall–Kier alpha value is -2.13. The second-order valence-corrected chi connectivity index (χ2v) is 6.26. The van der Waals surface area contributed by atoms with Gasteiger partial charge in [-0.15, -0.1) is 11.3 Å². The molecule has 0 amide bonds. The van der Waals surface area contributed by atoms with E-state index in [0.717, 1.165) is 15.1 Å². The van der Waals surface area contributed by atoms with Crippen LogP contribution in [0.3, 0.4) is 0 Å². The highest BCUT2D eigenvalue weighted by Crippen LogP contribution is 2.34. The topological polar surface area (TPSA) is 130 Å². The molecule has 3 rings (SSSR count). The van der Waals surface area contributed by atoms with Crippen LogP contribution in [0, 0.1) is 6.92 Å². The van der Waals surface area contributed by atoms with Gasteiger partial charge in [-0.1, -0.05) is 0 Å². The lowest BCUT2D eigenvalue weighted by Gasteiger charge is -2.03. The standard InChI is InChI=1S/C11H11N7S2/c1-4-2-5-8(19-4)17-10(14)18-9(5)20-11-15-6(12)3-7(13)16-11/h2-3H,1H3,(H2,14,17,18)(H4,12,13,15,16). The predicted octanol–water partition coefficient (Wildman–Crippen LogP) is 1.69. The van der Waals surface area contributed by atoms with Crippen LogP contribution in [0.2, 0.25) is 0 Å². The Morgan fingerprint density at radius 3 is 2.40 bits per heavy atom. The lowest BCUT2D eigenvalue weighted by molar-refractivity contribution is 0.978. The van der Waals surface area contributed by atoms with Crippen LogP contribution in [0.15, 0.2) is 22.3 Å². The van der Waals surface area contributed by atoms with Gasteiger partial charge in [-0.2, -0.15) is 0 Å². The van der Waals surface area contributed by atoms with Gasteiger partial charge in [-0.05, 0) is 24.8 Å². The molecule has 102 valence electrons. The normalized spacial score (nSPS) is 11.1. The number of rotatable bonds is 2. The van der Waals surface area contributed by atoms with Crippen molar-refractivity contribution in [1.82, 2.24) is 19.9 Å². The summed E-state index contributed by atoms with van der Waals surface area (Å²) in [4.78, 5) is 18.7. The largest absolute Gasteiger partial charge is 0.383 e. The zero-order valence-corrected chi connectivity index (χ0v) is 12.1. The van der Waals surface area contributed by atoms with Crippen LogP contribution in [0.1, 0.15) is 4.88 Å². The van der Waals surface area contributed by atoms with E-state index in [1.165, 1.54) is 17.8 Å². The monoisotopic (exact) mass is 305 g/mol. The second kappa shape index (κ2) is 4.76. The first-order valence-corrected chi connectivity index (χ1v) is 7.26. The van der Waals surface area contributed by atoms with Gasteiger partial charge in [0, 0.05) is 16.3 Å². The lowest BCUT2D eigenvalue weighted by atomic mass is 10.4. The third-order valence-corrected chi connectivity index (χ3v) is 4.25. The molecule has 0 fully saturated rings. The summed E-state index contributed by atoms with van der Waals surface area (Å²) < 4.78 is 0. The molecule has 0 spiro atoms. The van der Waals surface area contributed by atoms with Gasteiger partial charge in [-0.25, -0.2) is 19.9 Å². The van der Waals surface area contributed by atoms with Crippen LogP contribution >= 0.6 is 23.1 Å². The van der Waals surface area contributed by atoms with Gasteiger partial charge in [0.1, 0.15) is 21.5 Å². The number of fused-ring (bicyclic) bond motifs is 1. The summed E-state index contributed by atoms with van der Waals surface area (Å²) in [6.07, 6.45) is 0. The molecule has 0 saturated heterocycles. The molecule has 9 heteroatoms. The molecule has 6 N–H and O–H groups in total. The zero-order chi connectivity index (χ0) is 14.3. The molecule has 0 radical (unpaired) electrons. The fraction of sp³-hybridized carbons (Fsp3) is 0.0909. The van der Waals surface area contributed by atoms with Gasteiger partial charge in [0.2, 0.25) is 5.95 Å². The lowest BCUT2D eigenvalue weighted by Crippen LogP contribution is -2.00. The number of hydrogen-bond donors (Lipinski definition) is 3. The number of anilines is 3. The van der Waals surface area contributed by atoms with Gasteiger partial charge in [0.25, 0.3) is 0 Å². The first-order valence-electron chi connectivity index (χ1n) is 5.63. The maximum Gasteiger partial charge on any atom is 0.222 e. The van der Waals surface area contributed by atoms with Gasteiger partial charge < -0.3 is 17.2 Å². The fourth-order valence-electron chi connectivity index (χ4n) is 1.70.